The predicted molar refractivity (Wildman–Crippen MR) is 507 cm³/mol. The molecular weight excluding hydrogens is 1480 g/mol. The molecule has 0 atom stereocenters. The second kappa shape index (κ2) is 29.6. The summed E-state index contributed by atoms with van der Waals surface area (Å²) in [7, 11) is 0. The summed E-state index contributed by atoms with van der Waals surface area (Å²) in [5, 5.41) is 0. The van der Waals surface area contributed by atoms with E-state index in [1.54, 1.807) is 0 Å². The first-order valence-corrected chi connectivity index (χ1v) is 42.0. The monoisotopic (exact) mass is 1560 g/mol. The van der Waals surface area contributed by atoms with Gasteiger partial charge in [0.05, 0.1) is 33.6 Å². The number of fused-ring (bicyclic) bond motifs is 18. The summed E-state index contributed by atoms with van der Waals surface area (Å²) in [5.41, 5.74) is 36.8. The van der Waals surface area contributed by atoms with Crippen molar-refractivity contribution >= 4 is 102 Å². The summed E-state index contributed by atoms with van der Waals surface area (Å²) < 4.78 is 0. The Morgan fingerprint density at radius 2 is 0.328 bits per heavy atom. The molecule has 122 heavy (non-hydrogen) atoms. The van der Waals surface area contributed by atoms with Crippen LogP contribution in [0.2, 0.25) is 0 Å². The number of para-hydroxylation sites is 8. The minimum Gasteiger partial charge on any atom is -0.311 e. The first kappa shape index (κ1) is 71.3. The van der Waals surface area contributed by atoms with Gasteiger partial charge in [-0.25, -0.2) is 0 Å². The summed E-state index contributed by atoms with van der Waals surface area (Å²) in [5.74, 6) is 0. The number of hydrogen-bond donors (Lipinski definition) is 0. The van der Waals surface area contributed by atoms with Crippen LogP contribution in [0.4, 0.5) is 102 Å². The van der Waals surface area contributed by atoms with Crippen molar-refractivity contribution in [1.82, 2.24) is 0 Å². The van der Waals surface area contributed by atoms with Crippen molar-refractivity contribution in [3.8, 4) is 44.5 Å². The minimum atomic E-state index is -0.880. The Kier molecular flexibility index (Phi) is 17.3. The Hall–Kier alpha value is -16.0. The number of hydrogen-bond acceptors (Lipinski definition) is 6. The van der Waals surface area contributed by atoms with E-state index in [4.69, 9.17) is 0 Å². The summed E-state index contributed by atoms with van der Waals surface area (Å²) in [6.45, 7) is 0. The summed E-state index contributed by atoms with van der Waals surface area (Å²) >= 11 is 0. The molecule has 23 rings (SSSR count). The SMILES string of the molecule is c1ccc(N(c2ccccc2)c2ccc(-c3ccc(N(c4ccccc4)c4ccc5c(c4)C4(c6ccccc6-c6ccccc64)c4cc6c(cc4N5c4ccccc4)C4(c5ccccc5-c5ccccc54)c4cc(N(c5ccccc5)c5ccc(-c7ccc(N(c8ccccc8)c8ccccc8)cc7)cc5)ccc4N6c4ccccc4)cc3)cc2)cc1. The van der Waals surface area contributed by atoms with Crippen LogP contribution >= 0.6 is 0 Å². The van der Waals surface area contributed by atoms with E-state index in [2.05, 4.69) is 515 Å². The van der Waals surface area contributed by atoms with Crippen molar-refractivity contribution in [3.63, 3.8) is 0 Å². The lowest BCUT2D eigenvalue weighted by Gasteiger charge is -2.50. The van der Waals surface area contributed by atoms with Gasteiger partial charge in [-0.15, -0.1) is 0 Å². The zero-order valence-corrected chi connectivity index (χ0v) is 66.9. The molecule has 2 aliphatic heterocycles. The molecule has 6 heteroatoms. The lowest BCUT2D eigenvalue weighted by Crippen LogP contribution is -2.40. The van der Waals surface area contributed by atoms with E-state index in [0.29, 0.717) is 0 Å². The molecule has 2 aliphatic carbocycles. The van der Waals surface area contributed by atoms with Crippen LogP contribution in [0.1, 0.15) is 44.5 Å². The molecule has 0 saturated carbocycles. The van der Waals surface area contributed by atoms with Crippen molar-refractivity contribution in [2.45, 2.75) is 10.8 Å². The van der Waals surface area contributed by atoms with E-state index in [-0.39, 0.29) is 0 Å². The normalized spacial score (nSPS) is 13.0. The van der Waals surface area contributed by atoms with Gasteiger partial charge >= 0.3 is 0 Å². The van der Waals surface area contributed by atoms with E-state index in [1.807, 2.05) is 0 Å². The average molecular weight is 1560 g/mol. The lowest BCUT2D eigenvalue weighted by molar-refractivity contribution is 0.730. The van der Waals surface area contributed by atoms with Gasteiger partial charge in [-0.3, -0.25) is 0 Å². The van der Waals surface area contributed by atoms with Crippen LogP contribution in [-0.2, 0) is 10.8 Å². The van der Waals surface area contributed by atoms with Gasteiger partial charge in [0.2, 0.25) is 0 Å². The van der Waals surface area contributed by atoms with E-state index in [9.17, 15) is 0 Å². The zero-order chi connectivity index (χ0) is 80.7. The highest BCUT2D eigenvalue weighted by Gasteiger charge is 2.57. The van der Waals surface area contributed by atoms with Crippen LogP contribution in [0, 0.1) is 0 Å². The van der Waals surface area contributed by atoms with Gasteiger partial charge in [0.1, 0.15) is 0 Å². The van der Waals surface area contributed by atoms with Gasteiger partial charge < -0.3 is 29.4 Å². The Balaban J connectivity index is 0.715. The second-order valence-corrected chi connectivity index (χ2v) is 31.9. The molecule has 0 fully saturated rings. The molecule has 0 radical (unpaired) electrons. The molecule has 19 aromatic rings. The largest absolute Gasteiger partial charge is 0.311 e. The van der Waals surface area contributed by atoms with E-state index in [1.165, 1.54) is 66.8 Å². The van der Waals surface area contributed by atoms with Crippen molar-refractivity contribution in [2.24, 2.45) is 0 Å². The molecule has 4 aliphatic rings. The van der Waals surface area contributed by atoms with Crippen LogP contribution < -0.4 is 29.4 Å². The third-order valence-corrected chi connectivity index (χ3v) is 25.4. The fraction of sp³-hybridized carbons (Fsp3) is 0.0172. The van der Waals surface area contributed by atoms with Crippen LogP contribution in [0.15, 0.2) is 485 Å². The Labute approximate surface area is 712 Å². The topological polar surface area (TPSA) is 19.4 Å². The van der Waals surface area contributed by atoms with Gasteiger partial charge in [-0.1, -0.05) is 291 Å². The van der Waals surface area contributed by atoms with E-state index in [0.717, 1.165) is 125 Å². The minimum absolute atomic E-state index is 0.880. The highest BCUT2D eigenvalue weighted by atomic mass is 15.2. The molecule has 0 saturated heterocycles. The molecular formula is C116H80N6. The van der Waals surface area contributed by atoms with Gasteiger partial charge in [-0.05, 0) is 283 Å². The van der Waals surface area contributed by atoms with Crippen molar-refractivity contribution in [1.29, 1.82) is 0 Å². The zero-order valence-electron chi connectivity index (χ0n) is 66.9. The second-order valence-electron chi connectivity index (χ2n) is 31.9. The Morgan fingerprint density at radius 3 is 0.574 bits per heavy atom. The molecule has 574 valence electrons. The van der Waals surface area contributed by atoms with E-state index < -0.39 is 10.8 Å². The predicted octanol–water partition coefficient (Wildman–Crippen LogP) is 31.2. The summed E-state index contributed by atoms with van der Waals surface area (Å²) in [6, 6.07) is 180. The molecule has 0 unspecified atom stereocenters. The van der Waals surface area contributed by atoms with Gasteiger partial charge in [0, 0.05) is 79.6 Å². The van der Waals surface area contributed by atoms with Crippen molar-refractivity contribution in [3.05, 3.63) is 530 Å². The van der Waals surface area contributed by atoms with Crippen LogP contribution in [0.25, 0.3) is 44.5 Å². The molecule has 0 bridgehead atoms. The maximum Gasteiger partial charge on any atom is 0.0755 e. The summed E-state index contributed by atoms with van der Waals surface area (Å²) in [4.78, 5) is 14.7. The van der Waals surface area contributed by atoms with Crippen molar-refractivity contribution in [2.75, 3.05) is 29.4 Å². The average Bonchev–Trinajstić information content (AvgIpc) is 1.41. The highest BCUT2D eigenvalue weighted by molar-refractivity contribution is 6.03. The Morgan fingerprint density at radius 1 is 0.139 bits per heavy atom. The maximum atomic E-state index is 2.64. The van der Waals surface area contributed by atoms with Crippen LogP contribution in [-0.4, -0.2) is 0 Å². The third-order valence-electron chi connectivity index (χ3n) is 25.4. The smallest absolute Gasteiger partial charge is 0.0755 e. The van der Waals surface area contributed by atoms with Crippen LogP contribution in [0.3, 0.4) is 0 Å². The molecule has 0 N–H and O–H groups in total. The first-order valence-electron chi connectivity index (χ1n) is 42.0. The third kappa shape index (κ3) is 11.5. The van der Waals surface area contributed by atoms with Gasteiger partial charge in [0.15, 0.2) is 0 Å². The standard InChI is InChI=1S/C116H80N6/c1-9-33-85(34-10-1)117(86-35-11-2-12-36-86)93-65-57-81(58-66-93)83-61-69-95(70-62-83)119(89-41-17-5-18-42-89)97-73-75-111-107(77-97)115(103-53-29-25-49-99(103)100-50-26-30-54-104(100)115)109-79-114-110(80-113(109)121(111)91-45-21-7-22-46-91)116(105-55-31-27-51-101(105)102-52-28-32-56-106(102)116)108-78-98(74-76-112(108)122(114)92-47-23-8-24-48-92)120(90-43-19-6-20-44-90)96-71-63-84(64-72-96)82-59-67-94(68-60-82)118(87-37-13-3-14-38-87)88-39-15-4-16-40-88/h1-80H. The molecule has 2 heterocycles. The highest BCUT2D eigenvalue weighted by Crippen LogP contribution is 2.70. The molecule has 19 aromatic carbocycles. The quantitative estimate of drug-likeness (QED) is 0.0953. The van der Waals surface area contributed by atoms with E-state index >= 15 is 0 Å². The number of anilines is 18. The molecule has 0 amide bonds. The summed E-state index contributed by atoms with van der Waals surface area (Å²) in [6.07, 6.45) is 0. The van der Waals surface area contributed by atoms with Crippen LogP contribution in [0.5, 0.6) is 0 Å². The Bertz CT molecular complexity index is 6500. The van der Waals surface area contributed by atoms with Gasteiger partial charge in [-0.2, -0.15) is 0 Å². The fourth-order valence-corrected chi connectivity index (χ4v) is 20.2. The van der Waals surface area contributed by atoms with Crippen molar-refractivity contribution < 1.29 is 0 Å². The van der Waals surface area contributed by atoms with Gasteiger partial charge in [0.25, 0.3) is 0 Å². The number of rotatable bonds is 16. The number of nitrogens with zero attached hydrogens (tertiary/aromatic N) is 6. The fourth-order valence-electron chi connectivity index (χ4n) is 20.2. The molecule has 2 spiro atoms. The maximum absolute atomic E-state index is 2.64. The molecule has 0 aromatic heterocycles. The lowest BCUT2D eigenvalue weighted by atomic mass is 9.61. The first-order chi connectivity index (χ1) is 60.5. The molecule has 6 nitrogen and oxygen atoms in total. The number of benzene rings is 19.